The standard InChI is InChI=1S/C28H35ClN2O3/c1-26(2)19-31(18-17-28(26,34)21-12-14-22(29)15-13-21)25(33)23-11-7-8-16-27(23,3)30-24(32)20-9-5-4-6-10-20/h4-6,9-10,12-15,23,34H,7-8,11,16-19H2,1-3H3,(H,30,32)/t23-,27-,28+/m1/s1. The maximum absolute atomic E-state index is 13.8. The molecule has 2 aromatic rings. The van der Waals surface area contributed by atoms with Crippen LogP contribution in [0.1, 0.15) is 68.8 Å². The third-order valence-electron chi connectivity index (χ3n) is 8.02. The Morgan fingerprint density at radius 2 is 1.68 bits per heavy atom. The fourth-order valence-corrected chi connectivity index (χ4v) is 5.92. The van der Waals surface area contributed by atoms with Crippen molar-refractivity contribution >= 4 is 23.4 Å². The molecule has 0 bridgehead atoms. The Morgan fingerprint density at radius 3 is 2.32 bits per heavy atom. The van der Waals surface area contributed by atoms with Gasteiger partial charge in [0.1, 0.15) is 0 Å². The summed E-state index contributed by atoms with van der Waals surface area (Å²) < 4.78 is 0. The van der Waals surface area contributed by atoms with Crippen LogP contribution < -0.4 is 5.32 Å². The van der Waals surface area contributed by atoms with Crippen molar-refractivity contribution in [3.8, 4) is 0 Å². The van der Waals surface area contributed by atoms with Crippen LogP contribution in [0.2, 0.25) is 5.02 Å². The normalized spacial score (nSPS) is 28.9. The molecular weight excluding hydrogens is 448 g/mol. The Balaban J connectivity index is 1.52. The van der Waals surface area contributed by atoms with Crippen LogP contribution in [-0.2, 0) is 10.4 Å². The quantitative estimate of drug-likeness (QED) is 0.632. The number of amides is 2. The number of nitrogens with zero attached hydrogens (tertiary/aromatic N) is 1. The molecular formula is C28H35ClN2O3. The lowest BCUT2D eigenvalue weighted by molar-refractivity contribution is -0.159. The molecule has 0 spiro atoms. The average Bonchev–Trinajstić information content (AvgIpc) is 2.81. The summed E-state index contributed by atoms with van der Waals surface area (Å²) in [4.78, 5) is 28.7. The van der Waals surface area contributed by atoms with E-state index in [2.05, 4.69) is 5.32 Å². The molecule has 0 radical (unpaired) electrons. The Labute approximate surface area is 207 Å². The SMILES string of the molecule is CC1(C)CN(C(=O)[C@H]2CCCC[C@@]2(C)NC(=O)c2ccccc2)CC[C@]1(O)c1ccc(Cl)cc1. The number of rotatable bonds is 4. The number of benzene rings is 2. The van der Waals surface area contributed by atoms with Gasteiger partial charge in [0.25, 0.3) is 5.91 Å². The molecule has 1 aliphatic carbocycles. The Bertz CT molecular complexity index is 1040. The van der Waals surface area contributed by atoms with Gasteiger partial charge >= 0.3 is 0 Å². The molecule has 1 saturated heterocycles. The fraction of sp³-hybridized carbons (Fsp3) is 0.500. The van der Waals surface area contributed by atoms with Crippen molar-refractivity contribution in [1.29, 1.82) is 0 Å². The van der Waals surface area contributed by atoms with Crippen molar-refractivity contribution in [1.82, 2.24) is 10.2 Å². The van der Waals surface area contributed by atoms with E-state index in [1.807, 2.05) is 56.0 Å². The first-order valence-corrected chi connectivity index (χ1v) is 12.6. The highest BCUT2D eigenvalue weighted by molar-refractivity contribution is 6.30. The van der Waals surface area contributed by atoms with Gasteiger partial charge in [-0.2, -0.15) is 0 Å². The molecule has 2 amide bonds. The van der Waals surface area contributed by atoms with Crippen molar-refractivity contribution in [2.24, 2.45) is 11.3 Å². The molecule has 1 saturated carbocycles. The number of piperidine rings is 1. The molecule has 2 fully saturated rings. The van der Waals surface area contributed by atoms with Crippen LogP contribution in [0.5, 0.6) is 0 Å². The van der Waals surface area contributed by atoms with Gasteiger partial charge < -0.3 is 15.3 Å². The van der Waals surface area contributed by atoms with E-state index in [1.54, 1.807) is 24.3 Å². The number of hydrogen-bond donors (Lipinski definition) is 2. The summed E-state index contributed by atoms with van der Waals surface area (Å²) in [6.07, 6.45) is 3.93. The number of carbonyl (C=O) groups is 2. The van der Waals surface area contributed by atoms with Crippen LogP contribution in [0, 0.1) is 11.3 Å². The maximum Gasteiger partial charge on any atom is 0.251 e. The topological polar surface area (TPSA) is 69.6 Å². The summed E-state index contributed by atoms with van der Waals surface area (Å²) in [5.74, 6) is -0.355. The molecule has 4 rings (SSSR count). The number of aliphatic hydroxyl groups is 1. The summed E-state index contributed by atoms with van der Waals surface area (Å²) in [6.45, 7) is 6.95. The zero-order valence-electron chi connectivity index (χ0n) is 20.3. The first-order chi connectivity index (χ1) is 16.1. The summed E-state index contributed by atoms with van der Waals surface area (Å²) in [7, 11) is 0. The van der Waals surface area contributed by atoms with Gasteiger partial charge in [0.15, 0.2) is 0 Å². The van der Waals surface area contributed by atoms with Gasteiger partial charge in [0, 0.05) is 34.6 Å². The van der Waals surface area contributed by atoms with Crippen molar-refractivity contribution in [3.05, 3.63) is 70.7 Å². The molecule has 6 heteroatoms. The van der Waals surface area contributed by atoms with Crippen LogP contribution in [0.3, 0.4) is 0 Å². The van der Waals surface area contributed by atoms with Crippen LogP contribution in [0.25, 0.3) is 0 Å². The predicted octanol–water partition coefficient (Wildman–Crippen LogP) is 5.17. The highest BCUT2D eigenvalue weighted by atomic mass is 35.5. The Hall–Kier alpha value is -2.37. The van der Waals surface area contributed by atoms with Gasteiger partial charge in [0.05, 0.1) is 11.5 Å². The fourth-order valence-electron chi connectivity index (χ4n) is 5.79. The highest BCUT2D eigenvalue weighted by Crippen LogP contribution is 2.47. The predicted molar refractivity (Wildman–Crippen MR) is 135 cm³/mol. The largest absolute Gasteiger partial charge is 0.384 e. The van der Waals surface area contributed by atoms with Crippen LogP contribution in [0.15, 0.2) is 54.6 Å². The third-order valence-corrected chi connectivity index (χ3v) is 8.28. The number of hydrogen-bond acceptors (Lipinski definition) is 3. The summed E-state index contributed by atoms with van der Waals surface area (Å²) >= 11 is 6.06. The first-order valence-electron chi connectivity index (χ1n) is 12.2. The molecule has 0 unspecified atom stereocenters. The lowest BCUT2D eigenvalue weighted by Crippen LogP contribution is -2.62. The van der Waals surface area contributed by atoms with E-state index in [0.717, 1.165) is 31.2 Å². The van der Waals surface area contributed by atoms with Crippen molar-refractivity contribution < 1.29 is 14.7 Å². The number of halogens is 1. The lowest BCUT2D eigenvalue weighted by atomic mass is 9.66. The Kier molecular flexibility index (Phi) is 6.80. The minimum atomic E-state index is -1.05. The van der Waals surface area contributed by atoms with E-state index in [-0.39, 0.29) is 17.7 Å². The van der Waals surface area contributed by atoms with Gasteiger partial charge in [-0.1, -0.05) is 68.6 Å². The van der Waals surface area contributed by atoms with E-state index in [9.17, 15) is 14.7 Å². The Morgan fingerprint density at radius 1 is 1.00 bits per heavy atom. The monoisotopic (exact) mass is 482 g/mol. The minimum Gasteiger partial charge on any atom is -0.384 e. The third kappa shape index (κ3) is 4.60. The van der Waals surface area contributed by atoms with E-state index < -0.39 is 16.6 Å². The number of likely N-dealkylation sites (tertiary alicyclic amines) is 1. The average molecular weight is 483 g/mol. The molecule has 1 aliphatic heterocycles. The zero-order valence-corrected chi connectivity index (χ0v) is 21.1. The van der Waals surface area contributed by atoms with Crippen molar-refractivity contribution in [3.63, 3.8) is 0 Å². The first kappa shape index (κ1) is 24.7. The van der Waals surface area contributed by atoms with E-state index in [0.29, 0.717) is 30.1 Å². The molecule has 0 aromatic heterocycles. The second-order valence-electron chi connectivity index (χ2n) is 10.8. The van der Waals surface area contributed by atoms with Gasteiger partial charge in [0.2, 0.25) is 5.91 Å². The molecule has 1 heterocycles. The number of carbonyl (C=O) groups excluding carboxylic acids is 2. The molecule has 2 aromatic carbocycles. The van der Waals surface area contributed by atoms with E-state index in [1.165, 1.54) is 0 Å². The highest BCUT2D eigenvalue weighted by Gasteiger charge is 2.52. The second kappa shape index (κ2) is 9.35. The van der Waals surface area contributed by atoms with Crippen LogP contribution >= 0.6 is 11.6 Å². The lowest BCUT2D eigenvalue weighted by Gasteiger charge is -2.52. The smallest absolute Gasteiger partial charge is 0.251 e. The molecule has 34 heavy (non-hydrogen) atoms. The van der Waals surface area contributed by atoms with E-state index in [4.69, 9.17) is 11.6 Å². The minimum absolute atomic E-state index is 0.0711. The van der Waals surface area contributed by atoms with E-state index >= 15 is 0 Å². The summed E-state index contributed by atoms with van der Waals surface area (Å²) in [6, 6.07) is 16.5. The van der Waals surface area contributed by atoms with Crippen LogP contribution in [-0.4, -0.2) is 40.4 Å². The van der Waals surface area contributed by atoms with Crippen LogP contribution in [0.4, 0.5) is 0 Å². The molecule has 5 nitrogen and oxygen atoms in total. The van der Waals surface area contributed by atoms with Gasteiger partial charge in [-0.3, -0.25) is 9.59 Å². The molecule has 2 N–H and O–H groups in total. The molecule has 3 atom stereocenters. The van der Waals surface area contributed by atoms with Gasteiger partial charge in [-0.15, -0.1) is 0 Å². The van der Waals surface area contributed by atoms with Gasteiger partial charge in [-0.25, -0.2) is 0 Å². The van der Waals surface area contributed by atoms with Crippen molar-refractivity contribution in [2.75, 3.05) is 13.1 Å². The zero-order chi connectivity index (χ0) is 24.6. The summed E-state index contributed by atoms with van der Waals surface area (Å²) in [5.41, 5.74) is -0.769. The second-order valence-corrected chi connectivity index (χ2v) is 11.2. The summed E-state index contributed by atoms with van der Waals surface area (Å²) in [5, 5.41) is 15.5. The molecule has 2 aliphatic rings. The van der Waals surface area contributed by atoms with Gasteiger partial charge in [-0.05, 0) is 56.0 Å². The molecule has 182 valence electrons. The van der Waals surface area contributed by atoms with Crippen molar-refractivity contribution in [2.45, 2.75) is 64.0 Å². The number of nitrogens with one attached hydrogen (secondary N) is 1. The maximum atomic E-state index is 13.8.